The third-order valence-electron chi connectivity index (χ3n) is 6.35. The van der Waals surface area contributed by atoms with E-state index in [2.05, 4.69) is 27.4 Å². The zero-order valence-corrected chi connectivity index (χ0v) is 22.1. The number of carbonyl (C=O) groups is 2. The minimum absolute atomic E-state index is 0.0668. The Morgan fingerprint density at radius 2 is 1.64 bits per heavy atom. The summed E-state index contributed by atoms with van der Waals surface area (Å²) >= 11 is 1.72. The third kappa shape index (κ3) is 6.65. The number of carbonyl (C=O) groups excluding carboxylic acids is 2. The lowest BCUT2D eigenvalue weighted by molar-refractivity contribution is 0.0518. The Hall–Kier alpha value is -4.15. The van der Waals surface area contributed by atoms with Crippen molar-refractivity contribution >= 4 is 35.2 Å². The standard InChI is InChI=1S/C29H29N5O4S/c35-18-2-20-39-24-10-6-21(7-11-24)25-12-13-30-29(32-25)31-23-8-4-22(5-9-23)27(36)33-14-16-34(17-15-33)28(37)26-3-1-19-38-26/h1,3-13,19,35H,2,14-18,20H2,(H,30,31,32). The van der Waals surface area contributed by atoms with Crippen LogP contribution >= 0.6 is 11.8 Å². The van der Waals surface area contributed by atoms with Gasteiger partial charge in [0.25, 0.3) is 11.8 Å². The minimum atomic E-state index is -0.154. The van der Waals surface area contributed by atoms with E-state index in [0.29, 0.717) is 43.5 Å². The Morgan fingerprint density at radius 3 is 2.31 bits per heavy atom. The van der Waals surface area contributed by atoms with Gasteiger partial charge in [0.05, 0.1) is 12.0 Å². The van der Waals surface area contributed by atoms with Gasteiger partial charge in [0.15, 0.2) is 5.76 Å². The fourth-order valence-electron chi connectivity index (χ4n) is 4.23. The number of nitrogens with zero attached hydrogens (tertiary/aromatic N) is 4. The molecule has 39 heavy (non-hydrogen) atoms. The van der Waals surface area contributed by atoms with Crippen LogP contribution in [-0.4, -0.2) is 75.2 Å². The van der Waals surface area contributed by atoms with Crippen molar-refractivity contribution in [2.45, 2.75) is 11.3 Å². The molecular weight excluding hydrogens is 514 g/mol. The summed E-state index contributed by atoms with van der Waals surface area (Å²) in [5.74, 6) is 1.44. The summed E-state index contributed by atoms with van der Waals surface area (Å²) in [5.41, 5.74) is 3.14. The van der Waals surface area contributed by atoms with E-state index in [4.69, 9.17) is 9.52 Å². The molecule has 0 radical (unpaired) electrons. The van der Waals surface area contributed by atoms with Crippen LogP contribution in [0.1, 0.15) is 27.3 Å². The zero-order valence-electron chi connectivity index (χ0n) is 21.3. The van der Waals surface area contributed by atoms with Crippen LogP contribution in [0.3, 0.4) is 0 Å². The first-order chi connectivity index (χ1) is 19.1. The van der Waals surface area contributed by atoms with Crippen molar-refractivity contribution in [2.24, 2.45) is 0 Å². The number of nitrogens with one attached hydrogen (secondary N) is 1. The molecule has 2 aromatic heterocycles. The molecule has 0 aliphatic carbocycles. The molecule has 9 nitrogen and oxygen atoms in total. The Kier molecular flexibility index (Phi) is 8.55. The van der Waals surface area contributed by atoms with Crippen molar-refractivity contribution in [1.82, 2.24) is 19.8 Å². The Balaban J connectivity index is 1.16. The molecule has 5 rings (SSSR count). The lowest BCUT2D eigenvalue weighted by Crippen LogP contribution is -2.50. The van der Waals surface area contributed by atoms with Gasteiger partial charge in [-0.25, -0.2) is 9.97 Å². The first-order valence-corrected chi connectivity index (χ1v) is 13.8. The molecule has 2 N–H and O–H groups in total. The molecule has 2 aromatic carbocycles. The summed E-state index contributed by atoms with van der Waals surface area (Å²) < 4.78 is 5.20. The molecule has 4 aromatic rings. The summed E-state index contributed by atoms with van der Waals surface area (Å²) in [6.45, 7) is 2.06. The van der Waals surface area contributed by atoms with E-state index in [9.17, 15) is 9.59 Å². The summed E-state index contributed by atoms with van der Waals surface area (Å²) in [4.78, 5) is 39.1. The van der Waals surface area contributed by atoms with E-state index in [1.807, 2.05) is 30.3 Å². The highest BCUT2D eigenvalue weighted by molar-refractivity contribution is 7.99. The first kappa shape index (κ1) is 26.5. The van der Waals surface area contributed by atoms with Gasteiger partial charge in [0.2, 0.25) is 5.95 Å². The third-order valence-corrected chi connectivity index (χ3v) is 7.45. The van der Waals surface area contributed by atoms with Crippen molar-refractivity contribution in [2.75, 3.05) is 43.9 Å². The highest BCUT2D eigenvalue weighted by Crippen LogP contribution is 2.25. The van der Waals surface area contributed by atoms with Crippen molar-refractivity contribution in [3.8, 4) is 11.3 Å². The van der Waals surface area contributed by atoms with Crippen LogP contribution in [0, 0.1) is 0 Å². The van der Waals surface area contributed by atoms with Crippen molar-refractivity contribution < 1.29 is 19.1 Å². The van der Waals surface area contributed by atoms with Crippen LogP contribution in [0.4, 0.5) is 11.6 Å². The van der Waals surface area contributed by atoms with E-state index >= 15 is 0 Å². The van der Waals surface area contributed by atoms with Crippen LogP contribution in [0.2, 0.25) is 0 Å². The van der Waals surface area contributed by atoms with Gasteiger partial charge in [-0.2, -0.15) is 0 Å². The van der Waals surface area contributed by atoms with E-state index in [0.717, 1.165) is 34.0 Å². The Labute approximate surface area is 230 Å². The number of hydrogen-bond donors (Lipinski definition) is 2. The van der Waals surface area contributed by atoms with Crippen LogP contribution < -0.4 is 5.32 Å². The number of thioether (sulfide) groups is 1. The molecule has 0 atom stereocenters. The van der Waals surface area contributed by atoms with Gasteiger partial charge >= 0.3 is 0 Å². The molecule has 10 heteroatoms. The number of piperazine rings is 1. The number of furan rings is 1. The molecular formula is C29H29N5O4S. The molecule has 0 unspecified atom stereocenters. The van der Waals surface area contributed by atoms with Crippen LogP contribution in [0.25, 0.3) is 11.3 Å². The molecule has 0 spiro atoms. The van der Waals surface area contributed by atoms with E-state index in [-0.39, 0.29) is 18.4 Å². The summed E-state index contributed by atoms with van der Waals surface area (Å²) in [6, 6.07) is 20.6. The second-order valence-electron chi connectivity index (χ2n) is 8.98. The quantitative estimate of drug-likeness (QED) is 0.234. The Bertz CT molecular complexity index is 1390. The van der Waals surface area contributed by atoms with Gasteiger partial charge in [-0.15, -0.1) is 11.8 Å². The molecule has 1 fully saturated rings. The first-order valence-electron chi connectivity index (χ1n) is 12.8. The predicted octanol–water partition coefficient (Wildman–Crippen LogP) is 4.55. The largest absolute Gasteiger partial charge is 0.459 e. The smallest absolute Gasteiger partial charge is 0.289 e. The van der Waals surface area contributed by atoms with E-state index in [1.54, 1.807) is 52.0 Å². The predicted molar refractivity (Wildman–Crippen MR) is 150 cm³/mol. The number of rotatable bonds is 9. The average Bonchev–Trinajstić information content (AvgIpc) is 3.53. The maximum atomic E-state index is 13.0. The second kappa shape index (κ2) is 12.6. The SMILES string of the molecule is O=C(c1ccc(Nc2nccc(-c3ccc(SCCCO)cc3)n2)cc1)N1CCN(C(=O)c2ccco2)CC1. The van der Waals surface area contributed by atoms with Gasteiger partial charge in [-0.3, -0.25) is 9.59 Å². The molecule has 1 aliphatic rings. The fraction of sp³-hybridized carbons (Fsp3) is 0.241. The molecule has 3 heterocycles. The van der Waals surface area contributed by atoms with Crippen molar-refractivity contribution in [3.63, 3.8) is 0 Å². The minimum Gasteiger partial charge on any atom is -0.459 e. The number of anilines is 2. The summed E-state index contributed by atoms with van der Waals surface area (Å²) in [7, 11) is 0. The van der Waals surface area contributed by atoms with Crippen molar-refractivity contribution in [1.29, 1.82) is 0 Å². The van der Waals surface area contributed by atoms with Gasteiger partial charge < -0.3 is 24.6 Å². The number of aliphatic hydroxyl groups excluding tert-OH is 1. The monoisotopic (exact) mass is 543 g/mol. The molecule has 2 amide bonds. The highest BCUT2D eigenvalue weighted by atomic mass is 32.2. The van der Waals surface area contributed by atoms with E-state index < -0.39 is 0 Å². The average molecular weight is 544 g/mol. The topological polar surface area (TPSA) is 112 Å². The van der Waals surface area contributed by atoms with E-state index in [1.165, 1.54) is 6.26 Å². The molecule has 200 valence electrons. The van der Waals surface area contributed by atoms with Crippen LogP contribution in [0.5, 0.6) is 0 Å². The number of aliphatic hydroxyl groups is 1. The number of amides is 2. The van der Waals surface area contributed by atoms with Gasteiger partial charge in [0.1, 0.15) is 0 Å². The van der Waals surface area contributed by atoms with Crippen LogP contribution in [0.15, 0.2) is 88.5 Å². The molecule has 1 aliphatic heterocycles. The Morgan fingerprint density at radius 1 is 0.923 bits per heavy atom. The van der Waals surface area contributed by atoms with Gasteiger partial charge in [-0.05, 0) is 61.0 Å². The maximum absolute atomic E-state index is 13.0. The van der Waals surface area contributed by atoms with Crippen molar-refractivity contribution in [3.05, 3.63) is 90.5 Å². The number of aromatic nitrogens is 2. The second-order valence-corrected chi connectivity index (χ2v) is 10.1. The number of hydrogen-bond acceptors (Lipinski definition) is 8. The fourth-order valence-corrected chi connectivity index (χ4v) is 5.07. The lowest BCUT2D eigenvalue weighted by atomic mass is 10.1. The summed E-state index contributed by atoms with van der Waals surface area (Å²) in [5, 5.41) is 12.2. The normalized spacial score (nSPS) is 13.4. The molecule has 0 bridgehead atoms. The van der Waals surface area contributed by atoms with Crippen LogP contribution in [-0.2, 0) is 0 Å². The zero-order chi connectivity index (χ0) is 27.0. The highest BCUT2D eigenvalue weighted by Gasteiger charge is 2.26. The number of benzene rings is 2. The molecule has 1 saturated heterocycles. The van der Waals surface area contributed by atoms with Gasteiger partial charge in [0, 0.05) is 66.4 Å². The lowest BCUT2D eigenvalue weighted by Gasteiger charge is -2.34. The summed E-state index contributed by atoms with van der Waals surface area (Å²) in [6.07, 6.45) is 3.97. The molecule has 0 saturated carbocycles. The van der Waals surface area contributed by atoms with Gasteiger partial charge in [-0.1, -0.05) is 12.1 Å². The maximum Gasteiger partial charge on any atom is 0.289 e.